The van der Waals surface area contributed by atoms with Gasteiger partial charge in [-0.05, 0) is 24.6 Å². The second kappa shape index (κ2) is 10.1. The molecule has 142 valence electrons. The van der Waals surface area contributed by atoms with E-state index in [1.54, 1.807) is 0 Å². The lowest BCUT2D eigenvalue weighted by Gasteiger charge is -2.08. The van der Waals surface area contributed by atoms with Crippen molar-refractivity contribution in [3.8, 4) is 5.75 Å². The van der Waals surface area contributed by atoms with Crippen LogP contribution in [0.1, 0.15) is 12.8 Å². The lowest BCUT2D eigenvalue weighted by Crippen LogP contribution is -2.21. The van der Waals surface area contributed by atoms with Crippen LogP contribution >= 0.6 is 11.6 Å². The van der Waals surface area contributed by atoms with Crippen LogP contribution in [0.3, 0.4) is 0 Å². The highest BCUT2D eigenvalue weighted by atomic mass is 35.5. The number of hydrogen-bond donors (Lipinski definition) is 1. The van der Waals surface area contributed by atoms with E-state index in [9.17, 15) is 19.7 Å². The Kier molecular flexibility index (Phi) is 7.57. The van der Waals surface area contributed by atoms with Gasteiger partial charge in [0, 0.05) is 18.6 Å². The van der Waals surface area contributed by atoms with E-state index in [4.69, 9.17) is 21.1 Å². The van der Waals surface area contributed by atoms with Gasteiger partial charge in [0.15, 0.2) is 6.61 Å². The van der Waals surface area contributed by atoms with Crippen molar-refractivity contribution < 1.29 is 24.0 Å². The summed E-state index contributed by atoms with van der Waals surface area (Å²) >= 11 is 5.87. The number of non-ortho nitro benzene ring substituents is 1. The molecule has 0 aliphatic rings. The number of carbonyl (C=O) groups excluding carboxylic acids is 2. The van der Waals surface area contributed by atoms with Crippen molar-refractivity contribution in [2.75, 3.05) is 18.5 Å². The number of nitro groups is 1. The Labute approximate surface area is 160 Å². The van der Waals surface area contributed by atoms with Crippen LogP contribution in [-0.2, 0) is 14.3 Å². The lowest BCUT2D eigenvalue weighted by atomic mass is 10.3. The van der Waals surface area contributed by atoms with E-state index in [0.29, 0.717) is 18.8 Å². The van der Waals surface area contributed by atoms with Gasteiger partial charge >= 0.3 is 5.97 Å². The maximum atomic E-state index is 11.8. The number of rotatable bonds is 9. The molecule has 0 atom stereocenters. The van der Waals surface area contributed by atoms with E-state index in [-0.39, 0.29) is 22.8 Å². The monoisotopic (exact) mass is 392 g/mol. The third-order valence-electron chi connectivity index (χ3n) is 3.34. The first kappa shape index (κ1) is 20.2. The van der Waals surface area contributed by atoms with Gasteiger partial charge < -0.3 is 14.8 Å². The van der Waals surface area contributed by atoms with Gasteiger partial charge in [0.2, 0.25) is 0 Å². The van der Waals surface area contributed by atoms with Gasteiger partial charge in [-0.3, -0.25) is 19.7 Å². The zero-order chi connectivity index (χ0) is 19.6. The molecule has 1 amide bonds. The summed E-state index contributed by atoms with van der Waals surface area (Å²) in [5.74, 6) is -0.415. The van der Waals surface area contributed by atoms with Crippen LogP contribution in [0.25, 0.3) is 0 Å². The highest BCUT2D eigenvalue weighted by Gasteiger charge is 2.13. The number of para-hydroxylation sites is 1. The molecular weight excluding hydrogens is 376 g/mol. The molecule has 0 aliphatic heterocycles. The number of benzene rings is 2. The molecule has 0 unspecified atom stereocenters. The van der Waals surface area contributed by atoms with E-state index < -0.39 is 23.4 Å². The van der Waals surface area contributed by atoms with Crippen LogP contribution in [0.5, 0.6) is 5.75 Å². The molecule has 0 fully saturated rings. The smallest absolute Gasteiger partial charge is 0.306 e. The molecule has 2 rings (SSSR count). The van der Waals surface area contributed by atoms with Crippen molar-refractivity contribution in [3.05, 3.63) is 63.7 Å². The number of nitrogens with zero attached hydrogens (tertiary/aromatic N) is 1. The molecule has 0 bridgehead atoms. The normalized spacial score (nSPS) is 10.1. The first-order valence-corrected chi connectivity index (χ1v) is 8.41. The molecule has 0 heterocycles. The second-order valence-corrected chi connectivity index (χ2v) is 5.80. The van der Waals surface area contributed by atoms with Crippen LogP contribution in [0.4, 0.5) is 11.4 Å². The van der Waals surface area contributed by atoms with Crippen molar-refractivity contribution in [2.45, 2.75) is 12.8 Å². The average Bonchev–Trinajstić information content (AvgIpc) is 2.66. The number of nitrogens with one attached hydrogen (secondary N) is 1. The first-order chi connectivity index (χ1) is 13.0. The van der Waals surface area contributed by atoms with Crippen LogP contribution in [0.15, 0.2) is 48.5 Å². The third-order valence-corrected chi connectivity index (χ3v) is 3.65. The quantitative estimate of drug-likeness (QED) is 0.302. The van der Waals surface area contributed by atoms with Gasteiger partial charge in [0.1, 0.15) is 5.75 Å². The summed E-state index contributed by atoms with van der Waals surface area (Å²) in [6, 6.07) is 12.8. The highest BCUT2D eigenvalue weighted by Crippen LogP contribution is 2.26. The number of carbonyl (C=O) groups is 2. The van der Waals surface area contributed by atoms with Crippen molar-refractivity contribution >= 4 is 34.9 Å². The van der Waals surface area contributed by atoms with E-state index in [1.165, 1.54) is 12.1 Å². The highest BCUT2D eigenvalue weighted by molar-refractivity contribution is 6.34. The minimum absolute atomic E-state index is 0.0157. The molecule has 27 heavy (non-hydrogen) atoms. The SMILES string of the molecule is O=C(COC(=O)CCCOc1ccccc1)Nc1ccc([N+](=O)[O-])cc1Cl. The predicted octanol–water partition coefficient (Wildman–Crippen LogP) is 3.59. The molecular formula is C18H17ClN2O6. The molecule has 2 aromatic rings. The zero-order valence-corrected chi connectivity index (χ0v) is 15.0. The molecule has 2 aromatic carbocycles. The third kappa shape index (κ3) is 6.95. The standard InChI is InChI=1S/C18H17ClN2O6/c19-15-11-13(21(24)25)8-9-16(15)20-17(22)12-27-18(23)7-4-10-26-14-5-2-1-3-6-14/h1-3,5-6,8-9,11H,4,7,10,12H2,(H,20,22). The Bertz CT molecular complexity index is 813. The molecule has 8 nitrogen and oxygen atoms in total. The predicted molar refractivity (Wildman–Crippen MR) is 98.9 cm³/mol. The van der Waals surface area contributed by atoms with Crippen molar-refractivity contribution in [2.24, 2.45) is 0 Å². The Morgan fingerprint density at radius 2 is 1.89 bits per heavy atom. The van der Waals surface area contributed by atoms with Gasteiger partial charge in [0.05, 0.1) is 22.2 Å². The summed E-state index contributed by atoms with van der Waals surface area (Å²) in [7, 11) is 0. The second-order valence-electron chi connectivity index (χ2n) is 5.40. The first-order valence-electron chi connectivity index (χ1n) is 8.03. The molecule has 0 saturated carbocycles. The Morgan fingerprint density at radius 1 is 1.15 bits per heavy atom. The van der Waals surface area contributed by atoms with Gasteiger partial charge in [-0.15, -0.1) is 0 Å². The number of nitro benzene ring substituents is 1. The van der Waals surface area contributed by atoms with Gasteiger partial charge in [-0.25, -0.2) is 0 Å². The Morgan fingerprint density at radius 3 is 2.56 bits per heavy atom. The maximum absolute atomic E-state index is 11.8. The maximum Gasteiger partial charge on any atom is 0.306 e. The topological polar surface area (TPSA) is 108 Å². The van der Waals surface area contributed by atoms with Crippen LogP contribution < -0.4 is 10.1 Å². The molecule has 0 aliphatic carbocycles. The minimum Gasteiger partial charge on any atom is -0.494 e. The molecule has 0 aromatic heterocycles. The van der Waals surface area contributed by atoms with Crippen molar-refractivity contribution in [1.29, 1.82) is 0 Å². The molecule has 9 heteroatoms. The fourth-order valence-corrected chi connectivity index (χ4v) is 2.27. The summed E-state index contributed by atoms with van der Waals surface area (Å²) < 4.78 is 10.3. The van der Waals surface area contributed by atoms with Gasteiger partial charge in [-0.2, -0.15) is 0 Å². The summed E-state index contributed by atoms with van der Waals surface area (Å²) in [6.07, 6.45) is 0.557. The summed E-state index contributed by atoms with van der Waals surface area (Å²) in [6.45, 7) is -0.130. The number of esters is 1. The number of halogens is 1. The van der Waals surface area contributed by atoms with Crippen molar-refractivity contribution in [1.82, 2.24) is 0 Å². The summed E-state index contributed by atoms with van der Waals surface area (Å²) in [4.78, 5) is 33.5. The molecule has 0 radical (unpaired) electrons. The molecule has 1 N–H and O–H groups in total. The number of amides is 1. The van der Waals surface area contributed by atoms with Crippen LogP contribution in [0.2, 0.25) is 5.02 Å². The fourth-order valence-electron chi connectivity index (χ4n) is 2.05. The number of ether oxygens (including phenoxy) is 2. The summed E-state index contributed by atoms with van der Waals surface area (Å²) in [5.41, 5.74) is 0.00160. The average molecular weight is 393 g/mol. The Balaban J connectivity index is 1.67. The van der Waals surface area contributed by atoms with E-state index >= 15 is 0 Å². The number of anilines is 1. The lowest BCUT2D eigenvalue weighted by molar-refractivity contribution is -0.384. The largest absolute Gasteiger partial charge is 0.494 e. The fraction of sp³-hybridized carbons (Fsp3) is 0.222. The van der Waals surface area contributed by atoms with Crippen LogP contribution in [-0.4, -0.2) is 30.0 Å². The van der Waals surface area contributed by atoms with Crippen molar-refractivity contribution in [3.63, 3.8) is 0 Å². The van der Waals surface area contributed by atoms with Gasteiger partial charge in [0.25, 0.3) is 11.6 Å². The molecule has 0 spiro atoms. The van der Waals surface area contributed by atoms with E-state index in [1.807, 2.05) is 30.3 Å². The van der Waals surface area contributed by atoms with Crippen LogP contribution in [0, 0.1) is 10.1 Å². The van der Waals surface area contributed by atoms with E-state index in [2.05, 4.69) is 5.32 Å². The summed E-state index contributed by atoms with van der Waals surface area (Å²) in [5, 5.41) is 13.1. The zero-order valence-electron chi connectivity index (χ0n) is 14.2. The molecule has 0 saturated heterocycles. The minimum atomic E-state index is -0.598. The Hall–Kier alpha value is -3.13. The van der Waals surface area contributed by atoms with Gasteiger partial charge in [-0.1, -0.05) is 29.8 Å². The van der Waals surface area contributed by atoms with E-state index in [0.717, 1.165) is 6.07 Å². The number of hydrogen-bond acceptors (Lipinski definition) is 6.